The number of fused-ring (bicyclic) bond motifs is 3. The van der Waals surface area contributed by atoms with Crippen molar-refractivity contribution in [3.05, 3.63) is 36.0 Å². The molecule has 3 nitrogen and oxygen atoms in total. The van der Waals surface area contributed by atoms with Crippen LogP contribution in [0.2, 0.25) is 0 Å². The van der Waals surface area contributed by atoms with E-state index < -0.39 is 0 Å². The highest BCUT2D eigenvalue weighted by Gasteiger charge is 2.23. The number of nitrogens with zero attached hydrogens (tertiary/aromatic N) is 2. The highest BCUT2D eigenvalue weighted by Crippen LogP contribution is 2.33. The van der Waals surface area contributed by atoms with E-state index in [0.717, 1.165) is 29.1 Å². The highest BCUT2D eigenvalue weighted by molar-refractivity contribution is 5.85. The maximum atomic E-state index is 6.05. The average Bonchev–Trinajstić information content (AvgIpc) is 2.55. The summed E-state index contributed by atoms with van der Waals surface area (Å²) < 4.78 is 6.05. The van der Waals surface area contributed by atoms with Crippen LogP contribution in [0.15, 0.2) is 30.5 Å². The standard InChI is InChI=1S/C18H22N2O/c1-2-5-14(6-3-1)11-20-12-16-9-8-15-7-4-10-19-17(15)18(16)21-13-20/h4,7-10,14H,1-3,5-6,11-13H2. The van der Waals surface area contributed by atoms with Gasteiger partial charge in [0.1, 0.15) is 12.2 Å². The van der Waals surface area contributed by atoms with Crippen molar-refractivity contribution in [2.45, 2.75) is 38.6 Å². The van der Waals surface area contributed by atoms with Crippen LogP contribution in [0.1, 0.15) is 37.7 Å². The molecule has 1 saturated carbocycles. The molecule has 0 atom stereocenters. The lowest BCUT2D eigenvalue weighted by Crippen LogP contribution is -2.36. The number of ether oxygens (including phenoxy) is 1. The van der Waals surface area contributed by atoms with Crippen LogP contribution in [0.4, 0.5) is 0 Å². The molecule has 0 bridgehead atoms. The molecule has 4 rings (SSSR count). The van der Waals surface area contributed by atoms with Gasteiger partial charge in [-0.2, -0.15) is 0 Å². The van der Waals surface area contributed by atoms with Crippen molar-refractivity contribution in [3.8, 4) is 5.75 Å². The third-order valence-electron chi connectivity index (χ3n) is 4.84. The fraction of sp³-hybridized carbons (Fsp3) is 0.500. The van der Waals surface area contributed by atoms with Gasteiger partial charge in [-0.15, -0.1) is 0 Å². The fourth-order valence-corrected chi connectivity index (χ4v) is 3.74. The fourth-order valence-electron chi connectivity index (χ4n) is 3.74. The number of hydrogen-bond donors (Lipinski definition) is 0. The van der Waals surface area contributed by atoms with Gasteiger partial charge in [0.25, 0.3) is 0 Å². The van der Waals surface area contributed by atoms with Crippen molar-refractivity contribution in [2.75, 3.05) is 13.3 Å². The summed E-state index contributed by atoms with van der Waals surface area (Å²) in [7, 11) is 0. The Hall–Kier alpha value is -1.61. The topological polar surface area (TPSA) is 25.4 Å². The Bertz CT molecular complexity index is 634. The molecule has 2 aromatic rings. The van der Waals surface area contributed by atoms with Crippen molar-refractivity contribution in [3.63, 3.8) is 0 Å². The monoisotopic (exact) mass is 282 g/mol. The molecule has 0 amide bonds. The normalized spacial score (nSPS) is 20.2. The molecule has 0 unspecified atom stereocenters. The summed E-state index contributed by atoms with van der Waals surface area (Å²) in [5, 5.41) is 1.16. The highest BCUT2D eigenvalue weighted by atomic mass is 16.5. The van der Waals surface area contributed by atoms with E-state index in [1.807, 2.05) is 12.3 Å². The van der Waals surface area contributed by atoms with Crippen LogP contribution in [-0.2, 0) is 6.54 Å². The van der Waals surface area contributed by atoms with Crippen LogP contribution < -0.4 is 4.74 Å². The van der Waals surface area contributed by atoms with Gasteiger partial charge in [0.2, 0.25) is 0 Å². The molecule has 1 aromatic heterocycles. The number of benzene rings is 1. The van der Waals surface area contributed by atoms with Gasteiger partial charge in [-0.05, 0) is 24.8 Å². The second-order valence-electron chi connectivity index (χ2n) is 6.42. The van der Waals surface area contributed by atoms with Gasteiger partial charge >= 0.3 is 0 Å². The molecule has 0 spiro atoms. The first-order valence-electron chi connectivity index (χ1n) is 8.12. The van der Waals surface area contributed by atoms with Gasteiger partial charge in [-0.25, -0.2) is 0 Å². The number of pyridine rings is 1. The lowest BCUT2D eigenvalue weighted by atomic mass is 9.89. The zero-order valence-electron chi connectivity index (χ0n) is 12.4. The summed E-state index contributed by atoms with van der Waals surface area (Å²) in [6.45, 7) is 2.89. The van der Waals surface area contributed by atoms with E-state index in [2.05, 4.69) is 28.1 Å². The van der Waals surface area contributed by atoms with Crippen LogP contribution in [0, 0.1) is 5.92 Å². The minimum absolute atomic E-state index is 0.708. The van der Waals surface area contributed by atoms with Gasteiger partial charge in [0, 0.05) is 30.2 Å². The van der Waals surface area contributed by atoms with Crippen LogP contribution in [0.25, 0.3) is 10.9 Å². The van der Waals surface area contributed by atoms with Gasteiger partial charge in [-0.3, -0.25) is 9.88 Å². The first-order chi connectivity index (χ1) is 10.4. The molecule has 0 saturated heterocycles. The van der Waals surface area contributed by atoms with E-state index in [4.69, 9.17) is 4.74 Å². The molecule has 1 aliphatic carbocycles. The molecule has 110 valence electrons. The largest absolute Gasteiger partial charge is 0.475 e. The second-order valence-corrected chi connectivity index (χ2v) is 6.42. The number of rotatable bonds is 2. The smallest absolute Gasteiger partial charge is 0.152 e. The molecule has 0 radical (unpaired) electrons. The van der Waals surface area contributed by atoms with Crippen LogP contribution in [0.5, 0.6) is 5.75 Å². The summed E-state index contributed by atoms with van der Waals surface area (Å²) in [5.74, 6) is 1.86. The van der Waals surface area contributed by atoms with E-state index in [0.29, 0.717) is 6.73 Å². The Labute approximate surface area is 125 Å². The minimum atomic E-state index is 0.708. The van der Waals surface area contributed by atoms with E-state index >= 15 is 0 Å². The van der Waals surface area contributed by atoms with Crippen molar-refractivity contribution >= 4 is 10.9 Å². The Morgan fingerprint density at radius 1 is 1.14 bits per heavy atom. The van der Waals surface area contributed by atoms with Crippen molar-refractivity contribution < 1.29 is 4.74 Å². The molecule has 3 heteroatoms. The summed E-state index contributed by atoms with van der Waals surface area (Å²) in [5.41, 5.74) is 2.29. The van der Waals surface area contributed by atoms with E-state index in [1.165, 1.54) is 44.2 Å². The maximum absolute atomic E-state index is 6.05. The molecule has 2 heterocycles. The van der Waals surface area contributed by atoms with Crippen LogP contribution in [0.3, 0.4) is 0 Å². The van der Waals surface area contributed by atoms with Crippen molar-refractivity contribution in [1.82, 2.24) is 9.88 Å². The minimum Gasteiger partial charge on any atom is -0.475 e. The summed E-state index contributed by atoms with van der Waals surface area (Å²) >= 11 is 0. The van der Waals surface area contributed by atoms with Crippen molar-refractivity contribution in [1.29, 1.82) is 0 Å². The lowest BCUT2D eigenvalue weighted by molar-refractivity contribution is 0.0741. The Kier molecular flexibility index (Phi) is 3.52. The average molecular weight is 282 g/mol. The molecule has 1 aliphatic heterocycles. The van der Waals surface area contributed by atoms with Gasteiger partial charge < -0.3 is 4.74 Å². The van der Waals surface area contributed by atoms with Crippen LogP contribution >= 0.6 is 0 Å². The molecule has 0 N–H and O–H groups in total. The van der Waals surface area contributed by atoms with E-state index in [-0.39, 0.29) is 0 Å². The molecule has 1 aromatic carbocycles. The second kappa shape index (κ2) is 5.64. The maximum Gasteiger partial charge on any atom is 0.152 e. The molecule has 1 fully saturated rings. The summed E-state index contributed by atoms with van der Waals surface area (Å²) in [6, 6.07) is 8.44. The summed E-state index contributed by atoms with van der Waals surface area (Å²) in [4.78, 5) is 6.94. The predicted molar refractivity (Wildman–Crippen MR) is 84.2 cm³/mol. The zero-order valence-corrected chi connectivity index (χ0v) is 12.4. The van der Waals surface area contributed by atoms with Gasteiger partial charge in [0.15, 0.2) is 5.75 Å². The van der Waals surface area contributed by atoms with E-state index in [1.54, 1.807) is 0 Å². The SMILES string of the molecule is c1cnc2c3c(ccc2c1)CN(CC1CCCCC1)CO3. The zero-order chi connectivity index (χ0) is 14.1. The van der Waals surface area contributed by atoms with Gasteiger partial charge in [-0.1, -0.05) is 37.5 Å². The quantitative estimate of drug-likeness (QED) is 0.833. The molecule has 2 aliphatic rings. The van der Waals surface area contributed by atoms with Gasteiger partial charge in [0.05, 0.1) is 0 Å². The predicted octanol–water partition coefficient (Wildman–Crippen LogP) is 3.97. The Balaban J connectivity index is 1.53. The molecule has 21 heavy (non-hydrogen) atoms. The lowest BCUT2D eigenvalue weighted by Gasteiger charge is -2.33. The summed E-state index contributed by atoms with van der Waals surface area (Å²) in [6.07, 6.45) is 8.87. The first kappa shape index (κ1) is 13.1. The third kappa shape index (κ3) is 2.62. The molecular formula is C18H22N2O. The number of hydrogen-bond acceptors (Lipinski definition) is 3. The molecular weight excluding hydrogens is 260 g/mol. The first-order valence-corrected chi connectivity index (χ1v) is 8.12. The number of aromatic nitrogens is 1. The van der Waals surface area contributed by atoms with E-state index in [9.17, 15) is 0 Å². The third-order valence-corrected chi connectivity index (χ3v) is 4.84. The van der Waals surface area contributed by atoms with Crippen molar-refractivity contribution in [2.24, 2.45) is 5.92 Å². The Morgan fingerprint density at radius 2 is 2.05 bits per heavy atom. The van der Waals surface area contributed by atoms with Crippen LogP contribution in [-0.4, -0.2) is 23.2 Å². The Morgan fingerprint density at radius 3 is 2.95 bits per heavy atom.